The maximum absolute atomic E-state index is 9.04. The van der Waals surface area contributed by atoms with E-state index in [0.717, 1.165) is 5.56 Å². The van der Waals surface area contributed by atoms with Gasteiger partial charge in [0.15, 0.2) is 6.29 Å². The van der Waals surface area contributed by atoms with Gasteiger partial charge in [-0.05, 0) is 37.6 Å². The standard InChI is InChI=1S/C15H16Cl3NO2/c1-3-20-14(21-4-2)13-12(15(13,17)18)10-5-9(8-19)6-11(16)7-10/h5-7,12-14H,3-4H2,1-2H3/t12-,13+/m1/s1. The highest BCUT2D eigenvalue weighted by Crippen LogP contribution is 2.67. The molecule has 1 saturated carbocycles. The van der Waals surface area contributed by atoms with E-state index in [4.69, 9.17) is 49.5 Å². The lowest BCUT2D eigenvalue weighted by atomic mass is 10.1. The highest BCUT2D eigenvalue weighted by molar-refractivity contribution is 6.52. The van der Waals surface area contributed by atoms with E-state index < -0.39 is 10.6 Å². The summed E-state index contributed by atoms with van der Waals surface area (Å²) in [4.78, 5) is 0. The van der Waals surface area contributed by atoms with E-state index in [-0.39, 0.29) is 11.8 Å². The largest absolute Gasteiger partial charge is 0.353 e. The quantitative estimate of drug-likeness (QED) is 0.561. The zero-order chi connectivity index (χ0) is 15.6. The Morgan fingerprint density at radius 1 is 1.24 bits per heavy atom. The summed E-state index contributed by atoms with van der Waals surface area (Å²) in [5.41, 5.74) is 1.31. The SMILES string of the molecule is CCOC(OCC)[C@@H]1[C@@H](c2cc(Cl)cc(C#N)c2)C1(Cl)Cl. The fourth-order valence-corrected chi connectivity index (χ4v) is 3.66. The van der Waals surface area contributed by atoms with Crippen molar-refractivity contribution in [2.45, 2.75) is 30.4 Å². The molecule has 0 aliphatic heterocycles. The summed E-state index contributed by atoms with van der Waals surface area (Å²) in [5, 5.41) is 9.53. The Bertz CT molecular complexity index is 550. The van der Waals surface area contributed by atoms with Crippen LogP contribution in [-0.2, 0) is 9.47 Å². The molecule has 21 heavy (non-hydrogen) atoms. The van der Waals surface area contributed by atoms with Gasteiger partial charge < -0.3 is 9.47 Å². The number of benzene rings is 1. The number of nitrogens with zero attached hydrogens (tertiary/aromatic N) is 1. The predicted octanol–water partition coefficient (Wildman–Crippen LogP) is 4.50. The molecule has 0 spiro atoms. The molecule has 0 unspecified atom stereocenters. The van der Waals surface area contributed by atoms with Gasteiger partial charge in [0.25, 0.3) is 0 Å². The molecular weight excluding hydrogens is 333 g/mol. The smallest absolute Gasteiger partial charge is 0.163 e. The lowest BCUT2D eigenvalue weighted by molar-refractivity contribution is -0.149. The van der Waals surface area contributed by atoms with Gasteiger partial charge in [-0.3, -0.25) is 0 Å². The van der Waals surface area contributed by atoms with Gasteiger partial charge in [-0.25, -0.2) is 0 Å². The lowest BCUT2D eigenvalue weighted by Gasteiger charge is -2.17. The summed E-state index contributed by atoms with van der Waals surface area (Å²) in [6.45, 7) is 4.80. The van der Waals surface area contributed by atoms with Gasteiger partial charge >= 0.3 is 0 Å². The molecule has 114 valence electrons. The number of halogens is 3. The van der Waals surface area contributed by atoms with Gasteiger partial charge in [-0.1, -0.05) is 11.6 Å². The molecule has 1 fully saturated rings. The van der Waals surface area contributed by atoms with Crippen LogP contribution in [0.25, 0.3) is 0 Å². The van der Waals surface area contributed by atoms with Crippen LogP contribution in [0.5, 0.6) is 0 Å². The van der Waals surface area contributed by atoms with Crippen molar-refractivity contribution >= 4 is 34.8 Å². The molecule has 0 aromatic heterocycles. The molecule has 1 aromatic rings. The number of ether oxygens (including phenoxy) is 2. The third-order valence-electron chi connectivity index (χ3n) is 3.47. The minimum Gasteiger partial charge on any atom is -0.353 e. The van der Waals surface area contributed by atoms with E-state index in [1.165, 1.54) is 0 Å². The molecule has 0 N–H and O–H groups in total. The van der Waals surface area contributed by atoms with Crippen molar-refractivity contribution in [2.24, 2.45) is 5.92 Å². The second-order valence-electron chi connectivity index (χ2n) is 4.84. The second kappa shape index (κ2) is 6.73. The van der Waals surface area contributed by atoms with E-state index in [2.05, 4.69) is 6.07 Å². The fourth-order valence-electron chi connectivity index (χ4n) is 2.56. The van der Waals surface area contributed by atoms with Gasteiger partial charge in [0.05, 0.1) is 17.6 Å². The molecule has 0 bridgehead atoms. The van der Waals surface area contributed by atoms with Gasteiger partial charge in [-0.2, -0.15) is 5.26 Å². The third kappa shape index (κ3) is 3.47. The minimum absolute atomic E-state index is 0.172. The number of rotatable bonds is 6. The molecule has 0 heterocycles. The second-order valence-corrected chi connectivity index (χ2v) is 6.72. The highest BCUT2D eigenvalue weighted by Gasteiger charge is 2.67. The van der Waals surface area contributed by atoms with Crippen molar-refractivity contribution < 1.29 is 9.47 Å². The van der Waals surface area contributed by atoms with Crippen LogP contribution in [0, 0.1) is 17.2 Å². The predicted molar refractivity (Wildman–Crippen MR) is 83.9 cm³/mol. The number of alkyl halides is 2. The molecule has 1 aliphatic carbocycles. The maximum Gasteiger partial charge on any atom is 0.163 e. The van der Waals surface area contributed by atoms with E-state index in [9.17, 15) is 0 Å². The van der Waals surface area contributed by atoms with Gasteiger partial charge in [-0.15, -0.1) is 23.2 Å². The average Bonchev–Trinajstić information content (AvgIpc) is 3.00. The molecule has 6 heteroatoms. The first kappa shape index (κ1) is 16.9. The van der Waals surface area contributed by atoms with Crippen LogP contribution in [0.3, 0.4) is 0 Å². The number of hydrogen-bond donors (Lipinski definition) is 0. The Balaban J connectivity index is 2.28. The van der Waals surface area contributed by atoms with Crippen LogP contribution >= 0.6 is 34.8 Å². The van der Waals surface area contributed by atoms with Crippen LogP contribution in [-0.4, -0.2) is 23.8 Å². The van der Waals surface area contributed by atoms with E-state index in [0.29, 0.717) is 23.8 Å². The minimum atomic E-state index is -0.980. The Morgan fingerprint density at radius 2 is 1.86 bits per heavy atom. The van der Waals surface area contributed by atoms with Crippen molar-refractivity contribution in [1.82, 2.24) is 0 Å². The van der Waals surface area contributed by atoms with Crippen molar-refractivity contribution in [2.75, 3.05) is 13.2 Å². The molecule has 0 amide bonds. The summed E-state index contributed by atoms with van der Waals surface area (Å²) in [6, 6.07) is 7.22. The molecule has 2 atom stereocenters. The summed E-state index contributed by atoms with van der Waals surface area (Å²) < 4.78 is 10.2. The fraction of sp³-hybridized carbons (Fsp3) is 0.533. The molecule has 1 aliphatic rings. The van der Waals surface area contributed by atoms with Crippen molar-refractivity contribution in [3.05, 3.63) is 34.3 Å². The van der Waals surface area contributed by atoms with Crippen LogP contribution in [0.4, 0.5) is 0 Å². The van der Waals surface area contributed by atoms with Crippen LogP contribution in [0.1, 0.15) is 30.9 Å². The molecule has 3 nitrogen and oxygen atoms in total. The normalized spacial score (nSPS) is 23.1. The zero-order valence-corrected chi connectivity index (χ0v) is 14.0. The average molecular weight is 349 g/mol. The van der Waals surface area contributed by atoms with Crippen LogP contribution < -0.4 is 0 Å². The topological polar surface area (TPSA) is 42.2 Å². The molecule has 0 radical (unpaired) electrons. The van der Waals surface area contributed by atoms with E-state index in [1.54, 1.807) is 18.2 Å². The monoisotopic (exact) mass is 347 g/mol. The number of nitriles is 1. The molecule has 1 aromatic carbocycles. The Morgan fingerprint density at radius 3 is 2.38 bits per heavy atom. The summed E-state index contributed by atoms with van der Waals surface area (Å²) in [6.07, 6.45) is -0.468. The Hall–Kier alpha value is -0.500. The summed E-state index contributed by atoms with van der Waals surface area (Å²) in [5.74, 6) is -0.361. The van der Waals surface area contributed by atoms with Crippen LogP contribution in [0.2, 0.25) is 5.02 Å². The van der Waals surface area contributed by atoms with E-state index in [1.807, 2.05) is 13.8 Å². The Labute approximate surface area is 139 Å². The van der Waals surface area contributed by atoms with Gasteiger partial charge in [0.1, 0.15) is 4.33 Å². The van der Waals surface area contributed by atoms with Crippen molar-refractivity contribution in [3.8, 4) is 6.07 Å². The Kier molecular flexibility index (Phi) is 5.40. The van der Waals surface area contributed by atoms with E-state index >= 15 is 0 Å². The first-order valence-electron chi connectivity index (χ1n) is 6.77. The van der Waals surface area contributed by atoms with Crippen molar-refractivity contribution in [1.29, 1.82) is 5.26 Å². The third-order valence-corrected chi connectivity index (χ3v) is 4.66. The van der Waals surface area contributed by atoms with Gasteiger partial charge in [0.2, 0.25) is 0 Å². The molecule has 0 saturated heterocycles. The maximum atomic E-state index is 9.04. The summed E-state index contributed by atoms with van der Waals surface area (Å²) >= 11 is 18.8. The number of hydrogen-bond acceptors (Lipinski definition) is 3. The molecular formula is C15H16Cl3NO2. The van der Waals surface area contributed by atoms with Gasteiger partial charge in [0, 0.05) is 24.2 Å². The lowest BCUT2D eigenvalue weighted by Crippen LogP contribution is -2.22. The van der Waals surface area contributed by atoms with Crippen LogP contribution in [0.15, 0.2) is 18.2 Å². The molecule has 2 rings (SSSR count). The first-order chi connectivity index (χ1) is 9.95. The first-order valence-corrected chi connectivity index (χ1v) is 7.90. The zero-order valence-electron chi connectivity index (χ0n) is 11.8. The highest BCUT2D eigenvalue weighted by atomic mass is 35.5. The van der Waals surface area contributed by atoms with Crippen molar-refractivity contribution in [3.63, 3.8) is 0 Å². The summed E-state index contributed by atoms with van der Waals surface area (Å²) in [7, 11) is 0.